The lowest BCUT2D eigenvalue weighted by molar-refractivity contribution is -0.132. The predicted octanol–water partition coefficient (Wildman–Crippen LogP) is 4.34. The molecule has 0 saturated heterocycles. The van der Waals surface area contributed by atoms with Gasteiger partial charge < -0.3 is 4.74 Å². The molecule has 0 radical (unpaired) electrons. The molecule has 0 N–H and O–H groups in total. The second kappa shape index (κ2) is 6.20. The Bertz CT molecular complexity index is 684. The summed E-state index contributed by atoms with van der Waals surface area (Å²) in [7, 11) is 0. The summed E-state index contributed by atoms with van der Waals surface area (Å²) in [6.45, 7) is 2.11. The van der Waals surface area contributed by atoms with Crippen LogP contribution in [0.25, 0.3) is 0 Å². The topological polar surface area (TPSA) is 26.3 Å². The highest BCUT2D eigenvalue weighted by Gasteiger charge is 2.45. The highest BCUT2D eigenvalue weighted by atomic mass is 19.1. The van der Waals surface area contributed by atoms with Crippen molar-refractivity contribution in [3.8, 4) is 0 Å². The van der Waals surface area contributed by atoms with Gasteiger partial charge in [0.15, 0.2) is 0 Å². The van der Waals surface area contributed by atoms with E-state index in [0.29, 0.717) is 25.0 Å². The highest BCUT2D eigenvalue weighted by Crippen LogP contribution is 2.42. The van der Waals surface area contributed by atoms with E-state index in [9.17, 15) is 13.6 Å². The predicted molar refractivity (Wildman–Crippen MR) is 83.1 cm³/mol. The molecule has 0 aliphatic heterocycles. The van der Waals surface area contributed by atoms with E-state index in [0.717, 1.165) is 11.6 Å². The number of hydrogen-bond donors (Lipinski definition) is 0. The van der Waals surface area contributed by atoms with Gasteiger partial charge in [-0.15, -0.1) is 0 Å². The van der Waals surface area contributed by atoms with Crippen molar-refractivity contribution in [3.63, 3.8) is 0 Å². The molecular formula is C19H18F2O2. The fraction of sp³-hybridized carbons (Fsp3) is 0.316. The zero-order valence-corrected chi connectivity index (χ0v) is 12.9. The number of carbonyl (C=O) groups is 1. The summed E-state index contributed by atoms with van der Waals surface area (Å²) >= 11 is 0. The van der Waals surface area contributed by atoms with Crippen LogP contribution in [0.5, 0.6) is 0 Å². The second-order valence-electron chi connectivity index (χ2n) is 6.19. The number of rotatable bonds is 5. The number of ketones is 1. The van der Waals surface area contributed by atoms with Crippen LogP contribution in [0.15, 0.2) is 48.5 Å². The molecule has 1 atom stereocenters. The number of ether oxygens (including phenoxy) is 1. The van der Waals surface area contributed by atoms with Gasteiger partial charge in [-0.2, -0.15) is 0 Å². The van der Waals surface area contributed by atoms with Crippen molar-refractivity contribution >= 4 is 5.78 Å². The normalized spacial score (nSPS) is 17.6. The molecule has 2 aromatic carbocycles. The van der Waals surface area contributed by atoms with Crippen LogP contribution in [0.1, 0.15) is 37.0 Å². The Labute approximate surface area is 134 Å². The van der Waals surface area contributed by atoms with Crippen molar-refractivity contribution in [1.29, 1.82) is 0 Å². The van der Waals surface area contributed by atoms with Gasteiger partial charge in [-0.05, 0) is 30.2 Å². The molecule has 1 saturated carbocycles. The molecule has 0 spiro atoms. The largest absolute Gasteiger partial charge is 0.373 e. The Hall–Kier alpha value is -2.07. The molecule has 1 fully saturated rings. The molecule has 0 heterocycles. The number of hydrogen-bond acceptors (Lipinski definition) is 2. The van der Waals surface area contributed by atoms with Gasteiger partial charge in [0.05, 0.1) is 12.7 Å². The Kier molecular flexibility index (Phi) is 4.26. The second-order valence-corrected chi connectivity index (χ2v) is 6.19. The minimum Gasteiger partial charge on any atom is -0.373 e. The SMILES string of the molecule is CC(OCC1(c2ccccc2)CC(=O)C1)c1cc(F)cc(F)c1. The quantitative estimate of drug-likeness (QED) is 0.820. The molecule has 3 rings (SSSR count). The van der Waals surface area contributed by atoms with Gasteiger partial charge in [0.25, 0.3) is 0 Å². The molecule has 1 aliphatic carbocycles. The van der Waals surface area contributed by atoms with Crippen molar-refractivity contribution in [1.82, 2.24) is 0 Å². The molecule has 0 bridgehead atoms. The van der Waals surface area contributed by atoms with E-state index in [1.54, 1.807) is 6.92 Å². The average Bonchev–Trinajstić information content (AvgIpc) is 2.50. The summed E-state index contributed by atoms with van der Waals surface area (Å²) in [5.74, 6) is -1.03. The monoisotopic (exact) mass is 316 g/mol. The van der Waals surface area contributed by atoms with Gasteiger partial charge in [0.2, 0.25) is 0 Å². The maximum atomic E-state index is 13.3. The lowest BCUT2D eigenvalue weighted by atomic mass is 9.64. The lowest BCUT2D eigenvalue weighted by Gasteiger charge is -2.41. The molecule has 1 aliphatic rings. The van der Waals surface area contributed by atoms with Crippen LogP contribution < -0.4 is 0 Å². The summed E-state index contributed by atoms with van der Waals surface area (Å²) in [4.78, 5) is 11.5. The average molecular weight is 316 g/mol. The van der Waals surface area contributed by atoms with Crippen LogP contribution in [0, 0.1) is 11.6 Å². The third kappa shape index (κ3) is 3.32. The minimum atomic E-state index is -0.618. The van der Waals surface area contributed by atoms with Gasteiger partial charge in [-0.25, -0.2) is 8.78 Å². The third-order valence-corrected chi connectivity index (χ3v) is 4.42. The van der Waals surface area contributed by atoms with E-state index in [1.165, 1.54) is 12.1 Å². The van der Waals surface area contributed by atoms with E-state index in [1.807, 2.05) is 30.3 Å². The number of Topliss-reactive ketones (excluding diaryl/α,β-unsaturated/α-hetero) is 1. The first kappa shape index (κ1) is 15.8. The van der Waals surface area contributed by atoms with Gasteiger partial charge in [-0.3, -0.25) is 4.79 Å². The maximum Gasteiger partial charge on any atom is 0.134 e. The molecule has 4 heteroatoms. The van der Waals surface area contributed by atoms with E-state index in [2.05, 4.69) is 0 Å². The van der Waals surface area contributed by atoms with E-state index in [-0.39, 0.29) is 11.2 Å². The van der Waals surface area contributed by atoms with Gasteiger partial charge in [0, 0.05) is 24.3 Å². The Morgan fingerprint density at radius 2 is 1.70 bits per heavy atom. The number of benzene rings is 2. The molecule has 1 unspecified atom stereocenters. The smallest absolute Gasteiger partial charge is 0.134 e. The first-order valence-corrected chi connectivity index (χ1v) is 7.63. The Morgan fingerprint density at radius 3 is 2.26 bits per heavy atom. The van der Waals surface area contributed by atoms with Crippen molar-refractivity contribution in [3.05, 3.63) is 71.3 Å². The Balaban J connectivity index is 1.74. The summed E-state index contributed by atoms with van der Waals surface area (Å²) in [5.41, 5.74) is 1.20. The number of carbonyl (C=O) groups excluding carboxylic acids is 1. The van der Waals surface area contributed by atoms with Crippen LogP contribution >= 0.6 is 0 Å². The van der Waals surface area contributed by atoms with Crippen LogP contribution in [0.4, 0.5) is 8.78 Å². The van der Waals surface area contributed by atoms with Gasteiger partial charge in [0.1, 0.15) is 17.4 Å². The van der Waals surface area contributed by atoms with E-state index < -0.39 is 17.7 Å². The first-order valence-electron chi connectivity index (χ1n) is 7.63. The number of halogens is 2. The summed E-state index contributed by atoms with van der Waals surface area (Å²) in [6.07, 6.45) is 0.444. The maximum absolute atomic E-state index is 13.3. The van der Waals surface area contributed by atoms with Crippen LogP contribution in [-0.2, 0) is 14.9 Å². The van der Waals surface area contributed by atoms with Crippen molar-refractivity contribution in [2.75, 3.05) is 6.61 Å². The summed E-state index contributed by atoms with van der Waals surface area (Å²) < 4.78 is 32.5. The fourth-order valence-electron chi connectivity index (χ4n) is 3.07. The molecule has 120 valence electrons. The molecule has 0 aromatic heterocycles. The third-order valence-electron chi connectivity index (χ3n) is 4.42. The van der Waals surface area contributed by atoms with Crippen molar-refractivity contribution < 1.29 is 18.3 Å². The van der Waals surface area contributed by atoms with Gasteiger partial charge in [-0.1, -0.05) is 30.3 Å². The first-order chi connectivity index (χ1) is 11.0. The van der Waals surface area contributed by atoms with Crippen molar-refractivity contribution in [2.24, 2.45) is 0 Å². The minimum absolute atomic E-state index is 0.210. The van der Waals surface area contributed by atoms with Crippen LogP contribution in [0.2, 0.25) is 0 Å². The molecule has 2 aromatic rings. The molecule has 0 amide bonds. The Morgan fingerprint density at radius 1 is 1.09 bits per heavy atom. The lowest BCUT2D eigenvalue weighted by Crippen LogP contribution is -2.45. The van der Waals surface area contributed by atoms with Crippen LogP contribution in [0.3, 0.4) is 0 Å². The molecule has 2 nitrogen and oxygen atoms in total. The zero-order valence-electron chi connectivity index (χ0n) is 12.9. The highest BCUT2D eigenvalue weighted by molar-refractivity contribution is 5.88. The summed E-state index contributed by atoms with van der Waals surface area (Å²) in [5, 5.41) is 0. The van der Waals surface area contributed by atoms with Gasteiger partial charge >= 0.3 is 0 Å². The van der Waals surface area contributed by atoms with Crippen LogP contribution in [-0.4, -0.2) is 12.4 Å². The molecular weight excluding hydrogens is 298 g/mol. The molecule has 23 heavy (non-hydrogen) atoms. The van der Waals surface area contributed by atoms with E-state index in [4.69, 9.17) is 4.74 Å². The van der Waals surface area contributed by atoms with E-state index >= 15 is 0 Å². The van der Waals surface area contributed by atoms with Crippen molar-refractivity contribution in [2.45, 2.75) is 31.3 Å². The summed E-state index contributed by atoms with van der Waals surface area (Å²) in [6, 6.07) is 13.2. The standard InChI is InChI=1S/C19H18F2O2/c1-13(14-7-16(20)9-17(21)8-14)23-12-19(10-18(22)11-19)15-5-3-2-4-6-15/h2-9,13H,10-12H2,1H3. The zero-order chi connectivity index (χ0) is 16.4. The fourth-order valence-corrected chi connectivity index (χ4v) is 3.07.